The SMILES string of the molecule is Cc1cc(C=CCC=O)cc(C)c1Cl. The number of halogens is 1. The Kier molecular flexibility index (Phi) is 3.90. The van der Waals surface area contributed by atoms with Gasteiger partial charge < -0.3 is 4.79 Å². The van der Waals surface area contributed by atoms with Crippen molar-refractivity contribution >= 4 is 24.0 Å². The summed E-state index contributed by atoms with van der Waals surface area (Å²) < 4.78 is 0. The van der Waals surface area contributed by atoms with E-state index in [1.54, 1.807) is 0 Å². The molecule has 2 heteroatoms. The van der Waals surface area contributed by atoms with E-state index in [0.717, 1.165) is 28.0 Å². The molecule has 74 valence electrons. The van der Waals surface area contributed by atoms with E-state index in [4.69, 9.17) is 11.6 Å². The Morgan fingerprint density at radius 2 is 1.86 bits per heavy atom. The minimum Gasteiger partial charge on any atom is -0.303 e. The first kappa shape index (κ1) is 11.0. The summed E-state index contributed by atoms with van der Waals surface area (Å²) in [4.78, 5) is 10.1. The van der Waals surface area contributed by atoms with Crippen molar-refractivity contribution in [3.8, 4) is 0 Å². The van der Waals surface area contributed by atoms with Crippen LogP contribution in [0.1, 0.15) is 23.1 Å². The molecule has 1 aromatic rings. The van der Waals surface area contributed by atoms with Gasteiger partial charge in [0.2, 0.25) is 0 Å². The summed E-state index contributed by atoms with van der Waals surface area (Å²) in [7, 11) is 0. The Labute approximate surface area is 89.4 Å². The molecule has 1 aromatic carbocycles. The van der Waals surface area contributed by atoms with Crippen LogP contribution < -0.4 is 0 Å². The maximum absolute atomic E-state index is 10.1. The standard InChI is InChI=1S/C12H13ClO/c1-9-7-11(5-3-4-6-14)8-10(2)12(9)13/h3,5-8H,4H2,1-2H3. The highest BCUT2D eigenvalue weighted by atomic mass is 35.5. The number of carbonyl (C=O) groups excluding carboxylic acids is 1. The van der Waals surface area contributed by atoms with Crippen molar-refractivity contribution in [3.63, 3.8) is 0 Å². The molecule has 0 amide bonds. The Bertz CT molecular complexity index is 344. The smallest absolute Gasteiger partial charge is 0.123 e. The Morgan fingerprint density at radius 1 is 1.29 bits per heavy atom. The van der Waals surface area contributed by atoms with Crippen LogP contribution in [0.2, 0.25) is 5.02 Å². The van der Waals surface area contributed by atoms with Crippen molar-refractivity contribution in [2.45, 2.75) is 20.3 Å². The largest absolute Gasteiger partial charge is 0.303 e. The summed E-state index contributed by atoms with van der Waals surface area (Å²) in [6, 6.07) is 4.02. The third-order valence-electron chi connectivity index (χ3n) is 2.00. The van der Waals surface area contributed by atoms with Gasteiger partial charge in [-0.1, -0.05) is 35.9 Å². The van der Waals surface area contributed by atoms with E-state index in [-0.39, 0.29) is 0 Å². The molecule has 1 nitrogen and oxygen atoms in total. The number of allylic oxidation sites excluding steroid dienone is 1. The number of hydrogen-bond donors (Lipinski definition) is 0. The summed E-state index contributed by atoms with van der Waals surface area (Å²) in [6.45, 7) is 3.96. The van der Waals surface area contributed by atoms with Gasteiger partial charge in [-0.3, -0.25) is 0 Å². The van der Waals surface area contributed by atoms with Crippen LogP contribution in [0.4, 0.5) is 0 Å². The third kappa shape index (κ3) is 2.71. The van der Waals surface area contributed by atoms with Crippen LogP contribution in [0.15, 0.2) is 18.2 Å². The van der Waals surface area contributed by atoms with E-state index < -0.39 is 0 Å². The van der Waals surface area contributed by atoms with Gasteiger partial charge in [-0.15, -0.1) is 0 Å². The second-order valence-electron chi connectivity index (χ2n) is 3.27. The summed E-state index contributed by atoms with van der Waals surface area (Å²) in [6.07, 6.45) is 5.12. The van der Waals surface area contributed by atoms with Gasteiger partial charge in [0, 0.05) is 11.4 Å². The summed E-state index contributed by atoms with van der Waals surface area (Å²) in [5.74, 6) is 0. The van der Waals surface area contributed by atoms with Gasteiger partial charge in [-0.2, -0.15) is 0 Å². The molecule has 0 aliphatic heterocycles. The third-order valence-corrected chi connectivity index (χ3v) is 2.60. The lowest BCUT2D eigenvalue weighted by atomic mass is 10.1. The zero-order valence-electron chi connectivity index (χ0n) is 8.38. The van der Waals surface area contributed by atoms with Gasteiger partial charge in [0.25, 0.3) is 0 Å². The molecule has 0 bridgehead atoms. The second-order valence-corrected chi connectivity index (χ2v) is 3.65. The molecular weight excluding hydrogens is 196 g/mol. The first-order valence-electron chi connectivity index (χ1n) is 4.52. The molecule has 0 atom stereocenters. The predicted molar refractivity (Wildman–Crippen MR) is 60.6 cm³/mol. The van der Waals surface area contributed by atoms with Crippen molar-refractivity contribution < 1.29 is 4.79 Å². The maximum atomic E-state index is 10.1. The Hall–Kier alpha value is -1.08. The Balaban J connectivity index is 2.95. The highest BCUT2D eigenvalue weighted by molar-refractivity contribution is 6.32. The number of aryl methyl sites for hydroxylation is 2. The van der Waals surface area contributed by atoms with Crippen LogP contribution in [0.25, 0.3) is 6.08 Å². The molecule has 0 N–H and O–H groups in total. The van der Waals surface area contributed by atoms with E-state index in [2.05, 4.69) is 0 Å². The number of rotatable bonds is 3. The quantitative estimate of drug-likeness (QED) is 0.695. The number of aldehydes is 1. The normalized spacial score (nSPS) is 10.8. The minimum atomic E-state index is 0.459. The number of hydrogen-bond acceptors (Lipinski definition) is 1. The van der Waals surface area contributed by atoms with Gasteiger partial charge in [-0.05, 0) is 30.5 Å². The first-order valence-corrected chi connectivity index (χ1v) is 4.90. The zero-order valence-corrected chi connectivity index (χ0v) is 9.14. The summed E-state index contributed by atoms with van der Waals surface area (Å²) in [5.41, 5.74) is 3.22. The number of benzene rings is 1. The molecule has 14 heavy (non-hydrogen) atoms. The van der Waals surface area contributed by atoms with Crippen molar-refractivity contribution in [2.24, 2.45) is 0 Å². The zero-order chi connectivity index (χ0) is 10.6. The maximum Gasteiger partial charge on any atom is 0.123 e. The number of carbonyl (C=O) groups is 1. The molecular formula is C12H13ClO. The van der Waals surface area contributed by atoms with Gasteiger partial charge in [-0.25, -0.2) is 0 Å². The molecule has 0 fully saturated rings. The van der Waals surface area contributed by atoms with Crippen LogP contribution >= 0.6 is 11.6 Å². The van der Waals surface area contributed by atoms with Crippen LogP contribution in [0.3, 0.4) is 0 Å². The van der Waals surface area contributed by atoms with Crippen molar-refractivity contribution in [3.05, 3.63) is 39.9 Å². The monoisotopic (exact) mass is 208 g/mol. The fourth-order valence-electron chi connectivity index (χ4n) is 1.34. The highest BCUT2D eigenvalue weighted by Crippen LogP contribution is 2.22. The first-order chi connectivity index (χ1) is 6.65. The van der Waals surface area contributed by atoms with Crippen LogP contribution in [-0.4, -0.2) is 6.29 Å². The van der Waals surface area contributed by atoms with Crippen molar-refractivity contribution in [2.75, 3.05) is 0 Å². The van der Waals surface area contributed by atoms with Gasteiger partial charge in [0.1, 0.15) is 6.29 Å². The van der Waals surface area contributed by atoms with E-state index in [1.165, 1.54) is 0 Å². The van der Waals surface area contributed by atoms with Gasteiger partial charge in [0.05, 0.1) is 0 Å². The molecule has 0 radical (unpaired) electrons. The predicted octanol–water partition coefficient (Wildman–Crippen LogP) is 3.56. The second kappa shape index (κ2) is 4.97. The fraction of sp³-hybridized carbons (Fsp3) is 0.250. The lowest BCUT2D eigenvalue weighted by molar-refractivity contribution is -0.107. The average Bonchev–Trinajstić information content (AvgIpc) is 2.14. The lowest BCUT2D eigenvalue weighted by Gasteiger charge is -2.03. The molecule has 0 aliphatic carbocycles. The van der Waals surface area contributed by atoms with Gasteiger partial charge in [0.15, 0.2) is 0 Å². The molecule has 1 rings (SSSR count). The van der Waals surface area contributed by atoms with Crippen LogP contribution in [-0.2, 0) is 4.79 Å². The molecule has 0 heterocycles. The fourth-order valence-corrected chi connectivity index (χ4v) is 1.44. The molecule has 0 saturated carbocycles. The van der Waals surface area contributed by atoms with E-state index in [9.17, 15) is 4.79 Å². The van der Waals surface area contributed by atoms with E-state index in [1.807, 2.05) is 38.1 Å². The average molecular weight is 209 g/mol. The molecule has 0 aromatic heterocycles. The van der Waals surface area contributed by atoms with E-state index >= 15 is 0 Å². The highest BCUT2D eigenvalue weighted by Gasteiger charge is 1.99. The topological polar surface area (TPSA) is 17.1 Å². The summed E-state index contributed by atoms with van der Waals surface area (Å²) in [5, 5.41) is 0.817. The molecule has 0 saturated heterocycles. The van der Waals surface area contributed by atoms with Crippen molar-refractivity contribution in [1.29, 1.82) is 0 Å². The van der Waals surface area contributed by atoms with Crippen molar-refractivity contribution in [1.82, 2.24) is 0 Å². The molecule has 0 unspecified atom stereocenters. The Morgan fingerprint density at radius 3 is 2.36 bits per heavy atom. The molecule has 0 aliphatic rings. The summed E-state index contributed by atoms with van der Waals surface area (Å²) >= 11 is 6.03. The van der Waals surface area contributed by atoms with Crippen LogP contribution in [0, 0.1) is 13.8 Å². The van der Waals surface area contributed by atoms with Gasteiger partial charge >= 0.3 is 0 Å². The van der Waals surface area contributed by atoms with E-state index in [0.29, 0.717) is 6.42 Å². The van der Waals surface area contributed by atoms with Crippen LogP contribution in [0.5, 0.6) is 0 Å². The molecule has 0 spiro atoms. The lowest BCUT2D eigenvalue weighted by Crippen LogP contribution is -1.83. The minimum absolute atomic E-state index is 0.459.